The Balaban J connectivity index is 2.04. The van der Waals surface area contributed by atoms with E-state index in [1.54, 1.807) is 18.3 Å². The summed E-state index contributed by atoms with van der Waals surface area (Å²) in [5, 5.41) is 0. The van der Waals surface area contributed by atoms with E-state index in [0.29, 0.717) is 16.8 Å². The summed E-state index contributed by atoms with van der Waals surface area (Å²) in [5.74, 6) is 5.37. The first-order valence-electron chi connectivity index (χ1n) is 7.36. The van der Waals surface area contributed by atoms with Crippen molar-refractivity contribution in [3.63, 3.8) is 0 Å². The second-order valence-electron chi connectivity index (χ2n) is 5.57. The quantitative estimate of drug-likeness (QED) is 0.654. The number of anilines is 1. The molecule has 0 radical (unpaired) electrons. The number of rotatable bonds is 4. The monoisotopic (exact) mass is 276 g/mol. The molecule has 1 aromatic heterocycles. The second-order valence-corrected chi connectivity index (χ2v) is 5.57. The van der Waals surface area contributed by atoms with Gasteiger partial charge in [0.25, 0.3) is 5.91 Å². The van der Waals surface area contributed by atoms with Crippen molar-refractivity contribution in [2.24, 2.45) is 11.3 Å². The van der Waals surface area contributed by atoms with E-state index in [1.165, 1.54) is 12.8 Å². The minimum atomic E-state index is 0.00269. The number of nitrogen functional groups attached to an aromatic ring is 1. The molecule has 110 valence electrons. The van der Waals surface area contributed by atoms with E-state index < -0.39 is 0 Å². The molecule has 20 heavy (non-hydrogen) atoms. The van der Waals surface area contributed by atoms with Crippen molar-refractivity contribution >= 4 is 11.6 Å². The molecule has 0 unspecified atom stereocenters. The molecule has 1 aliphatic heterocycles. The van der Waals surface area contributed by atoms with Crippen LogP contribution in [0.1, 0.15) is 50.0 Å². The van der Waals surface area contributed by atoms with Gasteiger partial charge in [0, 0.05) is 19.3 Å². The molecule has 1 amide bonds. The average molecular weight is 276 g/mol. The normalized spacial score (nSPS) is 17.9. The van der Waals surface area contributed by atoms with Gasteiger partial charge in [0.2, 0.25) is 0 Å². The highest BCUT2D eigenvalue weighted by atomic mass is 16.2. The number of nitrogens with two attached hydrogens (primary N) is 1. The lowest BCUT2D eigenvalue weighted by Gasteiger charge is -2.40. The number of aromatic nitrogens is 1. The fourth-order valence-electron chi connectivity index (χ4n) is 2.94. The summed E-state index contributed by atoms with van der Waals surface area (Å²) in [5.41, 5.74) is 4.13. The summed E-state index contributed by atoms with van der Waals surface area (Å²) in [6.07, 6.45) is 6.16. The molecule has 3 N–H and O–H groups in total. The van der Waals surface area contributed by atoms with Crippen molar-refractivity contribution in [1.82, 2.24) is 9.88 Å². The Labute approximate surface area is 120 Å². The summed E-state index contributed by atoms with van der Waals surface area (Å²) in [4.78, 5) is 18.5. The molecular formula is C15H24N4O. The third-order valence-electron chi connectivity index (χ3n) is 4.76. The minimum Gasteiger partial charge on any atom is -0.337 e. The number of likely N-dealkylation sites (tertiary alicyclic amines) is 1. The van der Waals surface area contributed by atoms with Crippen LogP contribution >= 0.6 is 0 Å². The van der Waals surface area contributed by atoms with Gasteiger partial charge in [-0.25, -0.2) is 0 Å². The molecule has 2 heterocycles. The van der Waals surface area contributed by atoms with Crippen LogP contribution in [0.4, 0.5) is 5.69 Å². The molecule has 1 aliphatic rings. The molecule has 1 saturated heterocycles. The van der Waals surface area contributed by atoms with Gasteiger partial charge in [-0.1, -0.05) is 26.7 Å². The lowest BCUT2D eigenvalue weighted by atomic mass is 9.74. The predicted molar refractivity (Wildman–Crippen MR) is 80.2 cm³/mol. The standard InChI is InChI=1S/C15H24N4O/c1-3-15(4-2)6-9-19(10-7-15)14(20)13-11-12(18-16)5-8-17-13/h5,8,11H,3-4,6-7,9-10,16H2,1-2H3,(H,17,18). The number of nitrogens with one attached hydrogen (secondary N) is 1. The van der Waals surface area contributed by atoms with E-state index in [2.05, 4.69) is 24.3 Å². The lowest BCUT2D eigenvalue weighted by Crippen LogP contribution is -2.43. The highest BCUT2D eigenvalue weighted by Gasteiger charge is 2.33. The third-order valence-corrected chi connectivity index (χ3v) is 4.76. The highest BCUT2D eigenvalue weighted by Crippen LogP contribution is 2.38. The van der Waals surface area contributed by atoms with E-state index >= 15 is 0 Å². The number of hydrogen-bond donors (Lipinski definition) is 2. The Hall–Kier alpha value is -1.62. The first-order valence-corrected chi connectivity index (χ1v) is 7.36. The highest BCUT2D eigenvalue weighted by molar-refractivity contribution is 5.93. The average Bonchev–Trinajstić information content (AvgIpc) is 2.54. The lowest BCUT2D eigenvalue weighted by molar-refractivity contribution is 0.0552. The fraction of sp³-hybridized carbons (Fsp3) is 0.600. The van der Waals surface area contributed by atoms with Crippen molar-refractivity contribution in [3.05, 3.63) is 24.0 Å². The molecule has 0 bridgehead atoms. The Bertz CT molecular complexity index is 461. The first-order chi connectivity index (χ1) is 9.64. The maximum absolute atomic E-state index is 12.5. The summed E-state index contributed by atoms with van der Waals surface area (Å²) >= 11 is 0. The van der Waals surface area contributed by atoms with Crippen molar-refractivity contribution in [2.45, 2.75) is 39.5 Å². The molecule has 0 atom stereocenters. The number of piperidine rings is 1. The number of hydrazine groups is 1. The molecule has 5 nitrogen and oxygen atoms in total. The fourth-order valence-corrected chi connectivity index (χ4v) is 2.94. The molecule has 1 fully saturated rings. The zero-order valence-electron chi connectivity index (χ0n) is 12.4. The molecule has 0 spiro atoms. The van der Waals surface area contributed by atoms with Gasteiger partial charge < -0.3 is 10.3 Å². The van der Waals surface area contributed by atoms with Crippen molar-refractivity contribution in [1.29, 1.82) is 0 Å². The molecular weight excluding hydrogens is 252 g/mol. The van der Waals surface area contributed by atoms with E-state index in [-0.39, 0.29) is 5.91 Å². The van der Waals surface area contributed by atoms with Gasteiger partial charge in [0.05, 0.1) is 5.69 Å². The van der Waals surface area contributed by atoms with Gasteiger partial charge in [0.1, 0.15) is 5.69 Å². The van der Waals surface area contributed by atoms with Crippen LogP contribution in [0, 0.1) is 5.41 Å². The van der Waals surface area contributed by atoms with Crippen LogP contribution in [0.2, 0.25) is 0 Å². The summed E-state index contributed by atoms with van der Waals surface area (Å²) < 4.78 is 0. The number of nitrogens with zero attached hydrogens (tertiary/aromatic N) is 2. The van der Waals surface area contributed by atoms with Crippen molar-refractivity contribution in [2.75, 3.05) is 18.5 Å². The third kappa shape index (κ3) is 2.93. The molecule has 1 aromatic rings. The second kappa shape index (κ2) is 6.22. The predicted octanol–water partition coefficient (Wildman–Crippen LogP) is 2.41. The van der Waals surface area contributed by atoms with E-state index in [9.17, 15) is 4.79 Å². The molecule has 5 heteroatoms. The number of carbonyl (C=O) groups excluding carboxylic acids is 1. The van der Waals surface area contributed by atoms with Crippen LogP contribution in [0.3, 0.4) is 0 Å². The molecule has 0 aromatic carbocycles. The van der Waals surface area contributed by atoms with E-state index in [0.717, 1.165) is 25.9 Å². The number of hydrogen-bond acceptors (Lipinski definition) is 4. The summed E-state index contributed by atoms with van der Waals surface area (Å²) in [6.45, 7) is 6.14. The first kappa shape index (κ1) is 14.8. The van der Waals surface area contributed by atoms with Crippen LogP contribution in [0.5, 0.6) is 0 Å². The van der Waals surface area contributed by atoms with Crippen LogP contribution in [0.15, 0.2) is 18.3 Å². The SMILES string of the molecule is CCC1(CC)CCN(C(=O)c2cc(NN)ccn2)CC1. The van der Waals surface area contributed by atoms with Gasteiger partial charge in [0.15, 0.2) is 0 Å². The zero-order chi connectivity index (χ0) is 14.6. The number of pyridine rings is 1. The van der Waals surface area contributed by atoms with Gasteiger partial charge in [-0.2, -0.15) is 0 Å². The minimum absolute atomic E-state index is 0.00269. The van der Waals surface area contributed by atoms with Crippen LogP contribution in [-0.2, 0) is 0 Å². The molecule has 0 aliphatic carbocycles. The van der Waals surface area contributed by atoms with Crippen LogP contribution in [-0.4, -0.2) is 28.9 Å². The Morgan fingerprint density at radius 3 is 2.60 bits per heavy atom. The maximum Gasteiger partial charge on any atom is 0.272 e. The largest absolute Gasteiger partial charge is 0.337 e. The number of carbonyl (C=O) groups is 1. The van der Waals surface area contributed by atoms with Crippen LogP contribution < -0.4 is 11.3 Å². The van der Waals surface area contributed by atoms with E-state index in [1.807, 2.05) is 4.90 Å². The zero-order valence-corrected chi connectivity index (χ0v) is 12.4. The van der Waals surface area contributed by atoms with Gasteiger partial charge in [-0.3, -0.25) is 15.6 Å². The van der Waals surface area contributed by atoms with Crippen molar-refractivity contribution in [3.8, 4) is 0 Å². The van der Waals surface area contributed by atoms with Gasteiger partial charge in [-0.05, 0) is 30.4 Å². The Morgan fingerprint density at radius 1 is 1.40 bits per heavy atom. The Kier molecular flexibility index (Phi) is 4.60. The number of amides is 1. The summed E-state index contributed by atoms with van der Waals surface area (Å²) in [6, 6.07) is 3.44. The van der Waals surface area contributed by atoms with Gasteiger partial charge >= 0.3 is 0 Å². The van der Waals surface area contributed by atoms with E-state index in [4.69, 9.17) is 5.84 Å². The van der Waals surface area contributed by atoms with Crippen molar-refractivity contribution < 1.29 is 4.79 Å². The summed E-state index contributed by atoms with van der Waals surface area (Å²) in [7, 11) is 0. The van der Waals surface area contributed by atoms with Gasteiger partial charge in [-0.15, -0.1) is 0 Å². The van der Waals surface area contributed by atoms with Crippen LogP contribution in [0.25, 0.3) is 0 Å². The molecule has 0 saturated carbocycles. The maximum atomic E-state index is 12.5. The topological polar surface area (TPSA) is 71.2 Å². The molecule has 2 rings (SSSR count). The Morgan fingerprint density at radius 2 is 2.05 bits per heavy atom. The smallest absolute Gasteiger partial charge is 0.272 e.